The highest BCUT2D eigenvalue weighted by Crippen LogP contribution is 2.31. The van der Waals surface area contributed by atoms with Crippen molar-refractivity contribution in [3.63, 3.8) is 0 Å². The fraction of sp³-hybridized carbons (Fsp3) is 0.565. The van der Waals surface area contributed by atoms with E-state index in [1.54, 1.807) is 0 Å². The van der Waals surface area contributed by atoms with Gasteiger partial charge in [0.25, 0.3) is 0 Å². The lowest BCUT2D eigenvalue weighted by atomic mass is 10.1. The standard InChI is InChI=1S/C23H32N4O5/c1-14(2)13-32-21(29)11-19-23(31)24-9-10-27(19)20(28)12-25-17-5-4-6-18(15(17)3)26-22(30)16-7-8-16/h4-6,14,16,19,25H,7-13H2,1-3H3,(H,24,31)(H,26,30). The zero-order valence-corrected chi connectivity index (χ0v) is 18.9. The molecule has 1 saturated carbocycles. The van der Waals surface area contributed by atoms with Crippen LogP contribution in [-0.2, 0) is 23.9 Å². The second-order valence-electron chi connectivity index (χ2n) is 8.77. The van der Waals surface area contributed by atoms with Gasteiger partial charge in [-0.05, 0) is 43.4 Å². The van der Waals surface area contributed by atoms with Gasteiger partial charge in [0, 0.05) is 30.4 Å². The van der Waals surface area contributed by atoms with Crippen LogP contribution in [0.15, 0.2) is 18.2 Å². The summed E-state index contributed by atoms with van der Waals surface area (Å²) in [4.78, 5) is 50.9. The van der Waals surface area contributed by atoms with E-state index in [9.17, 15) is 19.2 Å². The summed E-state index contributed by atoms with van der Waals surface area (Å²) in [5, 5.41) is 8.75. The van der Waals surface area contributed by atoms with Crippen molar-refractivity contribution in [1.29, 1.82) is 0 Å². The maximum atomic E-state index is 12.9. The Kier molecular flexibility index (Phi) is 7.71. The summed E-state index contributed by atoms with van der Waals surface area (Å²) in [6.45, 7) is 6.63. The van der Waals surface area contributed by atoms with Gasteiger partial charge in [0.1, 0.15) is 6.04 Å². The predicted molar refractivity (Wildman–Crippen MR) is 120 cm³/mol. The molecule has 2 aliphatic rings. The number of nitrogens with one attached hydrogen (secondary N) is 3. The molecule has 1 aromatic carbocycles. The second kappa shape index (κ2) is 10.5. The first-order chi connectivity index (χ1) is 15.3. The Morgan fingerprint density at radius 1 is 1.22 bits per heavy atom. The largest absolute Gasteiger partial charge is 0.465 e. The van der Waals surface area contributed by atoms with Crippen molar-refractivity contribution >= 4 is 35.1 Å². The Balaban J connectivity index is 1.60. The predicted octanol–water partition coefficient (Wildman–Crippen LogP) is 1.67. The third-order valence-electron chi connectivity index (χ3n) is 5.56. The molecule has 32 heavy (non-hydrogen) atoms. The Bertz CT molecular complexity index is 881. The van der Waals surface area contributed by atoms with Crippen LogP contribution >= 0.6 is 0 Å². The summed E-state index contributed by atoms with van der Waals surface area (Å²) in [5.41, 5.74) is 2.27. The van der Waals surface area contributed by atoms with Gasteiger partial charge < -0.3 is 25.6 Å². The first-order valence-electron chi connectivity index (χ1n) is 11.1. The van der Waals surface area contributed by atoms with E-state index in [0.29, 0.717) is 18.8 Å². The Hall–Kier alpha value is -3.10. The van der Waals surface area contributed by atoms with Gasteiger partial charge in [-0.2, -0.15) is 0 Å². The van der Waals surface area contributed by atoms with E-state index in [2.05, 4.69) is 16.0 Å². The molecule has 0 bridgehead atoms. The van der Waals surface area contributed by atoms with Crippen LogP contribution in [-0.4, -0.2) is 60.9 Å². The number of carbonyl (C=O) groups is 4. The number of rotatable bonds is 9. The zero-order valence-electron chi connectivity index (χ0n) is 18.9. The van der Waals surface area contributed by atoms with Crippen LogP contribution in [0.1, 0.15) is 38.7 Å². The van der Waals surface area contributed by atoms with Crippen LogP contribution in [0.25, 0.3) is 0 Å². The van der Waals surface area contributed by atoms with Crippen LogP contribution < -0.4 is 16.0 Å². The van der Waals surface area contributed by atoms with Crippen LogP contribution in [0.2, 0.25) is 0 Å². The molecule has 9 nitrogen and oxygen atoms in total. The number of esters is 1. The molecule has 1 aliphatic carbocycles. The summed E-state index contributed by atoms with van der Waals surface area (Å²) in [7, 11) is 0. The fourth-order valence-corrected chi connectivity index (χ4v) is 3.51. The lowest BCUT2D eigenvalue weighted by molar-refractivity contribution is -0.152. The zero-order chi connectivity index (χ0) is 23.3. The van der Waals surface area contributed by atoms with Crippen molar-refractivity contribution in [3.05, 3.63) is 23.8 Å². The van der Waals surface area contributed by atoms with E-state index in [0.717, 1.165) is 24.1 Å². The number of hydrogen-bond acceptors (Lipinski definition) is 6. The molecular formula is C23H32N4O5. The molecule has 174 valence electrons. The molecule has 1 aromatic rings. The van der Waals surface area contributed by atoms with E-state index >= 15 is 0 Å². The Morgan fingerprint density at radius 2 is 1.94 bits per heavy atom. The van der Waals surface area contributed by atoms with E-state index in [4.69, 9.17) is 4.74 Å². The fourth-order valence-electron chi connectivity index (χ4n) is 3.51. The van der Waals surface area contributed by atoms with E-state index in [-0.39, 0.29) is 49.1 Å². The molecule has 0 spiro atoms. The first-order valence-corrected chi connectivity index (χ1v) is 11.1. The third kappa shape index (κ3) is 6.21. The van der Waals surface area contributed by atoms with Crippen molar-refractivity contribution in [2.45, 2.75) is 46.1 Å². The van der Waals surface area contributed by atoms with Crippen molar-refractivity contribution < 1.29 is 23.9 Å². The molecule has 3 amide bonds. The molecule has 3 rings (SSSR count). The number of amides is 3. The Labute approximate surface area is 188 Å². The normalized spacial score (nSPS) is 18.2. The highest BCUT2D eigenvalue weighted by molar-refractivity contribution is 5.96. The molecular weight excluding hydrogens is 412 g/mol. The maximum Gasteiger partial charge on any atom is 0.308 e. The smallest absolute Gasteiger partial charge is 0.308 e. The highest BCUT2D eigenvalue weighted by Gasteiger charge is 2.35. The summed E-state index contributed by atoms with van der Waals surface area (Å²) in [5.74, 6) is -0.828. The van der Waals surface area contributed by atoms with Gasteiger partial charge in [0.05, 0.1) is 19.6 Å². The molecule has 0 aromatic heterocycles. The summed E-state index contributed by atoms with van der Waals surface area (Å²) < 4.78 is 5.19. The van der Waals surface area contributed by atoms with Crippen LogP contribution in [0, 0.1) is 18.8 Å². The number of nitrogens with zero attached hydrogens (tertiary/aromatic N) is 1. The van der Waals surface area contributed by atoms with Gasteiger partial charge in [-0.1, -0.05) is 19.9 Å². The van der Waals surface area contributed by atoms with E-state index in [1.165, 1.54) is 4.90 Å². The van der Waals surface area contributed by atoms with Crippen molar-refractivity contribution in [3.8, 4) is 0 Å². The first kappa shape index (κ1) is 23.6. The molecule has 1 atom stereocenters. The van der Waals surface area contributed by atoms with Crippen LogP contribution in [0.3, 0.4) is 0 Å². The number of benzene rings is 1. The van der Waals surface area contributed by atoms with Crippen molar-refractivity contribution in [2.75, 3.05) is 36.9 Å². The molecule has 1 heterocycles. The monoisotopic (exact) mass is 444 g/mol. The summed E-state index contributed by atoms with van der Waals surface area (Å²) in [6, 6.07) is 4.59. The maximum absolute atomic E-state index is 12.9. The SMILES string of the molecule is Cc1c(NCC(=O)N2CCNC(=O)C2CC(=O)OCC(C)C)cccc1NC(=O)C1CC1. The van der Waals surface area contributed by atoms with Gasteiger partial charge in [-0.25, -0.2) is 0 Å². The number of carbonyl (C=O) groups excluding carboxylic acids is 4. The molecule has 1 unspecified atom stereocenters. The number of anilines is 2. The second-order valence-corrected chi connectivity index (χ2v) is 8.77. The topological polar surface area (TPSA) is 117 Å². The number of hydrogen-bond donors (Lipinski definition) is 3. The quantitative estimate of drug-likeness (QED) is 0.499. The molecule has 2 fully saturated rings. The van der Waals surface area contributed by atoms with Gasteiger partial charge in [-0.3, -0.25) is 19.2 Å². The van der Waals surface area contributed by atoms with E-state index < -0.39 is 12.0 Å². The average molecular weight is 445 g/mol. The molecule has 0 radical (unpaired) electrons. The summed E-state index contributed by atoms with van der Waals surface area (Å²) >= 11 is 0. The average Bonchev–Trinajstić information content (AvgIpc) is 3.59. The minimum absolute atomic E-state index is 0.0212. The molecule has 3 N–H and O–H groups in total. The lowest BCUT2D eigenvalue weighted by Gasteiger charge is -2.34. The minimum atomic E-state index is -0.886. The molecule has 1 aliphatic heterocycles. The Morgan fingerprint density at radius 3 is 2.62 bits per heavy atom. The third-order valence-corrected chi connectivity index (χ3v) is 5.56. The van der Waals surface area contributed by atoms with Crippen LogP contribution in [0.5, 0.6) is 0 Å². The molecule has 9 heteroatoms. The van der Waals surface area contributed by atoms with Gasteiger partial charge in [0.2, 0.25) is 17.7 Å². The highest BCUT2D eigenvalue weighted by atomic mass is 16.5. The molecule has 1 saturated heterocycles. The van der Waals surface area contributed by atoms with E-state index in [1.807, 2.05) is 39.0 Å². The minimum Gasteiger partial charge on any atom is -0.465 e. The van der Waals surface area contributed by atoms with Gasteiger partial charge in [0.15, 0.2) is 0 Å². The van der Waals surface area contributed by atoms with Gasteiger partial charge in [-0.15, -0.1) is 0 Å². The van der Waals surface area contributed by atoms with Gasteiger partial charge >= 0.3 is 5.97 Å². The number of ether oxygens (including phenoxy) is 1. The van der Waals surface area contributed by atoms with Crippen molar-refractivity contribution in [2.24, 2.45) is 11.8 Å². The lowest BCUT2D eigenvalue weighted by Crippen LogP contribution is -2.58. The summed E-state index contributed by atoms with van der Waals surface area (Å²) in [6.07, 6.45) is 1.67. The number of piperazine rings is 1. The van der Waals surface area contributed by atoms with Crippen LogP contribution in [0.4, 0.5) is 11.4 Å². The van der Waals surface area contributed by atoms with Crippen molar-refractivity contribution in [1.82, 2.24) is 10.2 Å².